The molecule has 0 amide bonds. The highest BCUT2D eigenvalue weighted by Crippen LogP contribution is 2.39. The Morgan fingerprint density at radius 2 is 2.14 bits per heavy atom. The lowest BCUT2D eigenvalue weighted by Gasteiger charge is -2.14. The lowest BCUT2D eigenvalue weighted by Crippen LogP contribution is -2.11. The van der Waals surface area contributed by atoms with Crippen LogP contribution in [0.25, 0.3) is 0 Å². The highest BCUT2D eigenvalue weighted by atomic mass is 32.2. The Kier molecular flexibility index (Phi) is 4.10. The standard InChI is InChI=1S/C15H21N3OS2/c1-9(14-17-13(18-19-14)10-5-6-10)20-8-12-16-11(7-21-12)15(2,3)4/h7,9-10H,5-6,8H2,1-4H3. The zero-order chi connectivity index (χ0) is 15.0. The Hall–Kier alpha value is -0.880. The van der Waals surface area contributed by atoms with E-state index >= 15 is 0 Å². The van der Waals surface area contributed by atoms with Gasteiger partial charge in [0, 0.05) is 22.5 Å². The number of aromatic nitrogens is 3. The molecule has 0 aromatic carbocycles. The maximum atomic E-state index is 5.38. The molecular formula is C15H21N3OS2. The van der Waals surface area contributed by atoms with E-state index in [0.29, 0.717) is 5.92 Å². The van der Waals surface area contributed by atoms with Crippen LogP contribution in [0.15, 0.2) is 9.90 Å². The predicted molar refractivity (Wildman–Crippen MR) is 86.8 cm³/mol. The Balaban J connectivity index is 1.57. The molecule has 0 aliphatic heterocycles. The lowest BCUT2D eigenvalue weighted by atomic mass is 9.93. The van der Waals surface area contributed by atoms with Crippen LogP contribution in [0, 0.1) is 0 Å². The van der Waals surface area contributed by atoms with E-state index in [1.54, 1.807) is 23.1 Å². The highest BCUT2D eigenvalue weighted by molar-refractivity contribution is 7.98. The Bertz CT molecular complexity index is 610. The molecule has 0 radical (unpaired) electrons. The van der Waals surface area contributed by atoms with Crippen molar-refractivity contribution in [3.8, 4) is 0 Å². The summed E-state index contributed by atoms with van der Waals surface area (Å²) in [4.78, 5) is 9.23. The van der Waals surface area contributed by atoms with Crippen LogP contribution in [0.2, 0.25) is 0 Å². The smallest absolute Gasteiger partial charge is 0.239 e. The van der Waals surface area contributed by atoms with Gasteiger partial charge in [-0.25, -0.2) is 4.98 Å². The molecule has 0 bridgehead atoms. The fourth-order valence-corrected chi connectivity index (χ4v) is 3.89. The van der Waals surface area contributed by atoms with Crippen molar-refractivity contribution < 1.29 is 4.52 Å². The van der Waals surface area contributed by atoms with Gasteiger partial charge < -0.3 is 4.52 Å². The third kappa shape index (κ3) is 3.66. The Labute approximate surface area is 133 Å². The van der Waals surface area contributed by atoms with Gasteiger partial charge in [0.15, 0.2) is 5.82 Å². The molecule has 2 heterocycles. The van der Waals surface area contributed by atoms with Gasteiger partial charge in [-0.3, -0.25) is 0 Å². The summed E-state index contributed by atoms with van der Waals surface area (Å²) in [5, 5.41) is 7.62. The highest BCUT2D eigenvalue weighted by Gasteiger charge is 2.29. The number of thiazole rings is 1. The van der Waals surface area contributed by atoms with Crippen molar-refractivity contribution in [2.75, 3.05) is 0 Å². The minimum Gasteiger partial charge on any atom is -0.338 e. The summed E-state index contributed by atoms with van der Waals surface area (Å²) in [6.07, 6.45) is 2.41. The molecule has 0 saturated heterocycles. The van der Waals surface area contributed by atoms with E-state index in [1.165, 1.54) is 23.5 Å². The fourth-order valence-electron chi connectivity index (χ4n) is 1.91. The van der Waals surface area contributed by atoms with E-state index in [0.717, 1.165) is 17.5 Å². The van der Waals surface area contributed by atoms with Gasteiger partial charge in [0.25, 0.3) is 0 Å². The summed E-state index contributed by atoms with van der Waals surface area (Å²) < 4.78 is 5.38. The van der Waals surface area contributed by atoms with Gasteiger partial charge in [0.2, 0.25) is 5.89 Å². The molecule has 1 unspecified atom stereocenters. The molecule has 4 nitrogen and oxygen atoms in total. The molecule has 1 saturated carbocycles. The van der Waals surface area contributed by atoms with Crippen molar-refractivity contribution in [2.24, 2.45) is 0 Å². The number of rotatable bonds is 5. The van der Waals surface area contributed by atoms with Crippen molar-refractivity contribution in [3.05, 3.63) is 27.8 Å². The number of nitrogens with zero attached hydrogens (tertiary/aromatic N) is 3. The zero-order valence-electron chi connectivity index (χ0n) is 12.9. The van der Waals surface area contributed by atoms with Gasteiger partial charge >= 0.3 is 0 Å². The van der Waals surface area contributed by atoms with Crippen LogP contribution in [-0.4, -0.2) is 15.1 Å². The second-order valence-electron chi connectivity index (χ2n) is 6.59. The molecule has 6 heteroatoms. The fraction of sp³-hybridized carbons (Fsp3) is 0.667. The van der Waals surface area contributed by atoms with Crippen molar-refractivity contribution in [1.29, 1.82) is 0 Å². The summed E-state index contributed by atoms with van der Waals surface area (Å²) >= 11 is 3.54. The first kappa shape index (κ1) is 15.0. The number of hydrogen-bond donors (Lipinski definition) is 0. The van der Waals surface area contributed by atoms with Gasteiger partial charge in [-0.15, -0.1) is 23.1 Å². The summed E-state index contributed by atoms with van der Waals surface area (Å²) in [7, 11) is 0. The molecule has 0 N–H and O–H groups in total. The van der Waals surface area contributed by atoms with Crippen LogP contribution in [0.4, 0.5) is 0 Å². The molecule has 2 aromatic heterocycles. The largest absolute Gasteiger partial charge is 0.338 e. The van der Waals surface area contributed by atoms with E-state index in [1.807, 2.05) is 0 Å². The van der Waals surface area contributed by atoms with Crippen LogP contribution in [0.5, 0.6) is 0 Å². The molecule has 1 atom stereocenters. The molecule has 21 heavy (non-hydrogen) atoms. The van der Waals surface area contributed by atoms with E-state index in [9.17, 15) is 0 Å². The molecule has 2 aromatic rings. The van der Waals surface area contributed by atoms with Crippen LogP contribution >= 0.6 is 23.1 Å². The minimum atomic E-state index is 0.122. The molecule has 1 fully saturated rings. The third-order valence-electron chi connectivity index (χ3n) is 3.52. The molecule has 114 valence electrons. The van der Waals surface area contributed by atoms with Crippen molar-refractivity contribution in [2.45, 2.75) is 62.9 Å². The molecule has 1 aliphatic rings. The first-order valence-corrected chi connectivity index (χ1v) is 9.26. The molecule has 3 rings (SSSR count). The summed E-state index contributed by atoms with van der Waals surface area (Å²) in [6.45, 7) is 8.70. The number of hydrogen-bond acceptors (Lipinski definition) is 6. The van der Waals surface area contributed by atoms with Crippen LogP contribution < -0.4 is 0 Å². The minimum absolute atomic E-state index is 0.122. The normalized spacial score (nSPS) is 17.1. The second-order valence-corrected chi connectivity index (χ2v) is 8.87. The average Bonchev–Trinajstić information content (AvgIpc) is 2.97. The monoisotopic (exact) mass is 323 g/mol. The first-order valence-electron chi connectivity index (χ1n) is 7.33. The summed E-state index contributed by atoms with van der Waals surface area (Å²) in [5.41, 5.74) is 1.29. The summed E-state index contributed by atoms with van der Waals surface area (Å²) in [6, 6.07) is 0. The van der Waals surface area contributed by atoms with E-state index in [4.69, 9.17) is 9.51 Å². The Morgan fingerprint density at radius 1 is 1.38 bits per heavy atom. The maximum absolute atomic E-state index is 5.38. The van der Waals surface area contributed by atoms with Crippen molar-refractivity contribution >= 4 is 23.1 Å². The molecular weight excluding hydrogens is 302 g/mol. The average molecular weight is 323 g/mol. The van der Waals surface area contributed by atoms with Crippen LogP contribution in [0.3, 0.4) is 0 Å². The van der Waals surface area contributed by atoms with Gasteiger partial charge in [0.05, 0.1) is 10.9 Å². The Morgan fingerprint density at radius 3 is 2.76 bits per heavy atom. The quantitative estimate of drug-likeness (QED) is 0.798. The number of thioether (sulfide) groups is 1. The third-order valence-corrected chi connectivity index (χ3v) is 5.70. The van der Waals surface area contributed by atoms with Gasteiger partial charge in [-0.1, -0.05) is 25.9 Å². The van der Waals surface area contributed by atoms with Gasteiger partial charge in [0.1, 0.15) is 5.01 Å². The van der Waals surface area contributed by atoms with Crippen LogP contribution in [0.1, 0.15) is 74.1 Å². The zero-order valence-corrected chi connectivity index (χ0v) is 14.6. The van der Waals surface area contributed by atoms with Gasteiger partial charge in [-0.05, 0) is 19.8 Å². The van der Waals surface area contributed by atoms with Gasteiger partial charge in [-0.2, -0.15) is 4.98 Å². The molecule has 1 aliphatic carbocycles. The lowest BCUT2D eigenvalue weighted by molar-refractivity contribution is 0.375. The first-order chi connectivity index (χ1) is 9.93. The topological polar surface area (TPSA) is 51.8 Å². The SMILES string of the molecule is CC(SCc1nc(C(C)(C)C)cs1)c1nc(C2CC2)no1. The van der Waals surface area contributed by atoms with Crippen molar-refractivity contribution in [3.63, 3.8) is 0 Å². The maximum Gasteiger partial charge on any atom is 0.239 e. The van der Waals surface area contributed by atoms with E-state index < -0.39 is 0 Å². The van der Waals surface area contributed by atoms with E-state index in [2.05, 4.69) is 43.2 Å². The summed E-state index contributed by atoms with van der Waals surface area (Å²) in [5.74, 6) is 3.08. The van der Waals surface area contributed by atoms with Crippen LogP contribution in [-0.2, 0) is 11.2 Å². The van der Waals surface area contributed by atoms with Crippen molar-refractivity contribution in [1.82, 2.24) is 15.1 Å². The van der Waals surface area contributed by atoms with E-state index in [-0.39, 0.29) is 10.7 Å². The predicted octanol–water partition coefficient (Wildman–Crippen LogP) is 4.70. The molecule has 0 spiro atoms. The second kappa shape index (κ2) is 5.72.